The zero-order valence-electron chi connectivity index (χ0n) is 9.85. The minimum absolute atomic E-state index is 0.108. The lowest BCUT2D eigenvalue weighted by Crippen LogP contribution is -2.38. The second kappa shape index (κ2) is 5.55. The Morgan fingerprint density at radius 3 is 2.59 bits per heavy atom. The van der Waals surface area contributed by atoms with E-state index in [2.05, 4.69) is 10.3 Å². The molecule has 0 fully saturated rings. The molecule has 0 aromatic carbocycles. The van der Waals surface area contributed by atoms with E-state index in [9.17, 15) is 9.59 Å². The summed E-state index contributed by atoms with van der Waals surface area (Å²) in [5.41, 5.74) is 0.179. The molecule has 1 rings (SSSR count). The van der Waals surface area contributed by atoms with Crippen LogP contribution in [0, 0.1) is 24.2 Å². The number of nitrogens with one attached hydrogen (secondary N) is 1. The zero-order chi connectivity index (χ0) is 13.0. The van der Waals surface area contributed by atoms with Crippen molar-refractivity contribution in [3.63, 3.8) is 0 Å². The van der Waals surface area contributed by atoms with Crippen molar-refractivity contribution in [2.75, 3.05) is 0 Å². The maximum atomic E-state index is 11.9. The van der Waals surface area contributed by atoms with Crippen LogP contribution in [0.1, 0.15) is 29.3 Å². The van der Waals surface area contributed by atoms with Crippen LogP contribution in [0.15, 0.2) is 5.38 Å². The molecule has 6 heteroatoms. The van der Waals surface area contributed by atoms with Crippen molar-refractivity contribution in [2.24, 2.45) is 5.92 Å². The van der Waals surface area contributed by atoms with Gasteiger partial charge in [0.15, 0.2) is 5.92 Å². The molecular weight excluding hydrogens is 238 g/mol. The van der Waals surface area contributed by atoms with Crippen LogP contribution in [0.5, 0.6) is 0 Å². The number of thiazole rings is 1. The standard InChI is InChI=1S/C11H13N3O2S/c1-6(2)13-11(16)8(4-12)10(15)9-5-17-7(3)14-9/h5-6,8H,1-3H3,(H,13,16)/t8-/m0/s1. The van der Waals surface area contributed by atoms with E-state index in [4.69, 9.17) is 5.26 Å². The molecule has 0 aliphatic rings. The number of hydrogen-bond donors (Lipinski definition) is 1. The molecule has 0 radical (unpaired) electrons. The second-order valence-corrected chi connectivity index (χ2v) is 4.90. The molecule has 5 nitrogen and oxygen atoms in total. The number of Topliss-reactive ketones (excluding diaryl/α,β-unsaturated/α-hetero) is 1. The molecule has 1 amide bonds. The molecule has 1 atom stereocenters. The molecule has 0 saturated carbocycles. The summed E-state index contributed by atoms with van der Waals surface area (Å²) in [5, 5.41) is 13.7. The Balaban J connectivity index is 2.85. The summed E-state index contributed by atoms with van der Waals surface area (Å²) in [4.78, 5) is 27.5. The molecule has 0 bridgehead atoms. The Bertz CT molecular complexity index is 473. The topological polar surface area (TPSA) is 82.8 Å². The maximum absolute atomic E-state index is 11.9. The summed E-state index contributed by atoms with van der Waals surface area (Å²) >= 11 is 1.31. The Morgan fingerprint density at radius 2 is 2.18 bits per heavy atom. The van der Waals surface area contributed by atoms with Gasteiger partial charge in [-0.05, 0) is 20.8 Å². The van der Waals surface area contributed by atoms with Gasteiger partial charge in [-0.25, -0.2) is 4.98 Å². The van der Waals surface area contributed by atoms with Gasteiger partial charge in [0, 0.05) is 11.4 Å². The third-order valence-corrected chi connectivity index (χ3v) is 2.73. The summed E-state index contributed by atoms with van der Waals surface area (Å²) in [6, 6.07) is 1.61. The number of amides is 1. The molecular formula is C11H13N3O2S. The summed E-state index contributed by atoms with van der Waals surface area (Å²) in [7, 11) is 0. The van der Waals surface area contributed by atoms with Crippen molar-refractivity contribution in [1.29, 1.82) is 5.26 Å². The van der Waals surface area contributed by atoms with Crippen LogP contribution in [0.25, 0.3) is 0 Å². The lowest BCUT2D eigenvalue weighted by molar-refractivity contribution is -0.122. The minimum Gasteiger partial charge on any atom is -0.352 e. The number of ketones is 1. The van der Waals surface area contributed by atoms with Gasteiger partial charge in [-0.3, -0.25) is 9.59 Å². The number of carbonyl (C=O) groups is 2. The number of aromatic nitrogens is 1. The Hall–Kier alpha value is -1.74. The molecule has 0 spiro atoms. The number of nitriles is 1. The first-order chi connectivity index (χ1) is 7.95. The van der Waals surface area contributed by atoms with Gasteiger partial charge in [-0.2, -0.15) is 5.26 Å². The molecule has 0 saturated heterocycles. The van der Waals surface area contributed by atoms with Crippen LogP contribution in [-0.2, 0) is 4.79 Å². The number of nitrogens with zero attached hydrogens (tertiary/aromatic N) is 2. The van der Waals surface area contributed by atoms with Crippen LogP contribution >= 0.6 is 11.3 Å². The van der Waals surface area contributed by atoms with E-state index < -0.39 is 17.6 Å². The molecule has 0 aliphatic heterocycles. The first kappa shape index (κ1) is 13.3. The van der Waals surface area contributed by atoms with E-state index in [1.54, 1.807) is 32.2 Å². The van der Waals surface area contributed by atoms with Crippen LogP contribution in [-0.4, -0.2) is 22.7 Å². The number of hydrogen-bond acceptors (Lipinski definition) is 5. The summed E-state index contributed by atoms with van der Waals surface area (Å²) in [5.74, 6) is -2.44. The first-order valence-corrected chi connectivity index (χ1v) is 6.00. The summed E-state index contributed by atoms with van der Waals surface area (Å²) in [6.07, 6.45) is 0. The van der Waals surface area contributed by atoms with Crippen molar-refractivity contribution in [3.8, 4) is 6.07 Å². The molecule has 1 aromatic heterocycles. The number of carbonyl (C=O) groups excluding carboxylic acids is 2. The highest BCUT2D eigenvalue weighted by Crippen LogP contribution is 2.13. The van der Waals surface area contributed by atoms with Crippen molar-refractivity contribution in [2.45, 2.75) is 26.8 Å². The lowest BCUT2D eigenvalue weighted by atomic mass is 10.0. The quantitative estimate of drug-likeness (QED) is 0.645. The van der Waals surface area contributed by atoms with Crippen LogP contribution in [0.3, 0.4) is 0 Å². The highest BCUT2D eigenvalue weighted by molar-refractivity contribution is 7.09. The van der Waals surface area contributed by atoms with Gasteiger partial charge in [0.25, 0.3) is 0 Å². The van der Waals surface area contributed by atoms with E-state index in [0.717, 1.165) is 5.01 Å². The van der Waals surface area contributed by atoms with Crippen molar-refractivity contribution < 1.29 is 9.59 Å². The van der Waals surface area contributed by atoms with Gasteiger partial charge >= 0.3 is 0 Å². The minimum atomic E-state index is -1.32. The monoisotopic (exact) mass is 251 g/mol. The van der Waals surface area contributed by atoms with E-state index >= 15 is 0 Å². The first-order valence-electron chi connectivity index (χ1n) is 5.12. The van der Waals surface area contributed by atoms with Crippen LogP contribution in [0.4, 0.5) is 0 Å². The van der Waals surface area contributed by atoms with Gasteiger partial charge in [-0.15, -0.1) is 11.3 Å². The fraction of sp³-hybridized carbons (Fsp3) is 0.455. The van der Waals surface area contributed by atoms with Crippen LogP contribution < -0.4 is 5.32 Å². The Morgan fingerprint density at radius 1 is 1.53 bits per heavy atom. The predicted molar refractivity (Wildman–Crippen MR) is 63.6 cm³/mol. The number of aryl methyl sites for hydroxylation is 1. The SMILES string of the molecule is Cc1nc(C(=O)[C@H](C#N)C(=O)NC(C)C)cs1. The normalized spacial score (nSPS) is 11.9. The predicted octanol–water partition coefficient (Wildman–Crippen LogP) is 1.30. The van der Waals surface area contributed by atoms with E-state index in [1.165, 1.54) is 11.3 Å². The molecule has 17 heavy (non-hydrogen) atoms. The largest absolute Gasteiger partial charge is 0.352 e. The molecule has 0 aliphatic carbocycles. The maximum Gasteiger partial charge on any atom is 0.245 e. The fourth-order valence-corrected chi connectivity index (χ4v) is 1.83. The summed E-state index contributed by atoms with van der Waals surface area (Å²) in [6.45, 7) is 5.30. The van der Waals surface area contributed by atoms with Crippen molar-refractivity contribution in [1.82, 2.24) is 10.3 Å². The van der Waals surface area contributed by atoms with Gasteiger partial charge in [0.1, 0.15) is 5.69 Å². The highest BCUT2D eigenvalue weighted by atomic mass is 32.1. The summed E-state index contributed by atoms with van der Waals surface area (Å²) < 4.78 is 0. The van der Waals surface area contributed by atoms with Gasteiger partial charge in [-0.1, -0.05) is 0 Å². The van der Waals surface area contributed by atoms with E-state index in [0.29, 0.717) is 0 Å². The Kier molecular flexibility index (Phi) is 4.35. The average molecular weight is 251 g/mol. The zero-order valence-corrected chi connectivity index (χ0v) is 10.7. The van der Waals surface area contributed by atoms with Gasteiger partial charge in [0.2, 0.25) is 11.7 Å². The highest BCUT2D eigenvalue weighted by Gasteiger charge is 2.29. The van der Waals surface area contributed by atoms with Gasteiger partial charge < -0.3 is 5.32 Å². The molecule has 1 heterocycles. The molecule has 1 N–H and O–H groups in total. The molecule has 1 aromatic rings. The molecule has 90 valence electrons. The molecule has 0 unspecified atom stereocenters. The third-order valence-electron chi connectivity index (χ3n) is 1.96. The lowest BCUT2D eigenvalue weighted by Gasteiger charge is -2.10. The van der Waals surface area contributed by atoms with E-state index in [-0.39, 0.29) is 11.7 Å². The van der Waals surface area contributed by atoms with E-state index in [1.807, 2.05) is 0 Å². The third kappa shape index (κ3) is 3.36. The van der Waals surface area contributed by atoms with Crippen molar-refractivity contribution in [3.05, 3.63) is 16.1 Å². The van der Waals surface area contributed by atoms with Crippen molar-refractivity contribution >= 4 is 23.0 Å². The fourth-order valence-electron chi connectivity index (χ4n) is 1.23. The second-order valence-electron chi connectivity index (χ2n) is 3.84. The average Bonchev–Trinajstić information content (AvgIpc) is 2.64. The van der Waals surface area contributed by atoms with Gasteiger partial charge in [0.05, 0.1) is 11.1 Å². The Labute approximate surface area is 103 Å². The smallest absolute Gasteiger partial charge is 0.245 e. The number of rotatable bonds is 4. The van der Waals surface area contributed by atoms with Crippen LogP contribution in [0.2, 0.25) is 0 Å².